The van der Waals surface area contributed by atoms with E-state index >= 15 is 4.39 Å². The molecule has 4 N–H and O–H groups in total. The Kier molecular flexibility index (Phi) is 8.83. The molecule has 0 bridgehead atoms. The predicted molar refractivity (Wildman–Crippen MR) is 138 cm³/mol. The molecule has 2 unspecified atom stereocenters. The van der Waals surface area contributed by atoms with Gasteiger partial charge < -0.3 is 14.8 Å². The first-order chi connectivity index (χ1) is 18.4. The summed E-state index contributed by atoms with van der Waals surface area (Å²) in [4.78, 5) is 38.1. The molecule has 3 atom stereocenters. The molecule has 2 amide bonds. The molecule has 1 aliphatic carbocycles. The van der Waals surface area contributed by atoms with Crippen molar-refractivity contribution in [2.45, 2.75) is 83.2 Å². The number of fused-ring (bicyclic) bond motifs is 1. The van der Waals surface area contributed by atoms with E-state index in [1.807, 2.05) is 5.43 Å². The summed E-state index contributed by atoms with van der Waals surface area (Å²) >= 11 is 0. The van der Waals surface area contributed by atoms with Crippen LogP contribution in [0, 0.1) is 5.82 Å². The second kappa shape index (κ2) is 11.4. The summed E-state index contributed by atoms with van der Waals surface area (Å²) in [6, 6.07) is 6.42. The van der Waals surface area contributed by atoms with Crippen molar-refractivity contribution in [3.05, 3.63) is 64.5 Å². The lowest BCUT2D eigenvalue weighted by molar-refractivity contribution is -0.159. The van der Waals surface area contributed by atoms with E-state index in [1.54, 1.807) is 20.8 Å². The first kappa shape index (κ1) is 30.9. The first-order valence-electron chi connectivity index (χ1n) is 12.6. The number of nitrogens with two attached hydrogens (primary N) is 1. The zero-order valence-electron chi connectivity index (χ0n) is 22.9. The fraction of sp³-hybridized carbons (Fsp3) is 0.464. The van der Waals surface area contributed by atoms with Gasteiger partial charge in [0.1, 0.15) is 22.8 Å². The lowest BCUT2D eigenvalue weighted by Gasteiger charge is -2.35. The van der Waals surface area contributed by atoms with Gasteiger partial charge in [0.25, 0.3) is 5.91 Å². The summed E-state index contributed by atoms with van der Waals surface area (Å²) in [7, 11) is 0. The van der Waals surface area contributed by atoms with Gasteiger partial charge in [-0.05, 0) is 81.0 Å². The Balaban J connectivity index is 2.06. The highest BCUT2D eigenvalue weighted by Crippen LogP contribution is 2.42. The number of benzene rings is 2. The average molecular weight is 568 g/mol. The highest BCUT2D eigenvalue weighted by Gasteiger charge is 2.41. The molecule has 2 aromatic carbocycles. The summed E-state index contributed by atoms with van der Waals surface area (Å²) in [5.41, 5.74) is -1.10. The number of Topliss-reactive ketones (excluding diaryl/α,β-unsaturated/α-hetero) is 1. The summed E-state index contributed by atoms with van der Waals surface area (Å²) in [5.74, 6) is 1.84. The zero-order chi connectivity index (χ0) is 30.0. The normalized spacial score (nSPS) is 21.5. The second-order valence-electron chi connectivity index (χ2n) is 11.1. The smallest absolute Gasteiger partial charge is 0.408 e. The number of nitrogen functional groups attached to an aromatic ring is 1. The number of rotatable bonds is 6. The van der Waals surface area contributed by atoms with Gasteiger partial charge in [-0.15, -0.1) is 0 Å². The number of alkyl carbamates (subject to hydrolysis) is 1. The molecule has 8 nitrogen and oxygen atoms in total. The fourth-order valence-corrected chi connectivity index (χ4v) is 4.68. The minimum absolute atomic E-state index is 0.0894. The quantitative estimate of drug-likeness (QED) is 0.191. The standard InChI is InChI=1S/C28H33F4N3O5/c1-26(2,3)40-25(38)34-22-14-27(4,30)20-13-21(29)19(24(37)35-33)12-18(20)16(11-23(22)36)10-15-6-8-17(9-7-15)39-28(5,31)32/h6-9,12-13,16,22H,10-11,14,33H2,1-5H3,(H,34,38)(H,35,37)/t16?,22-,27?/m1/s1. The molecule has 40 heavy (non-hydrogen) atoms. The third kappa shape index (κ3) is 7.93. The third-order valence-electron chi connectivity index (χ3n) is 6.33. The van der Waals surface area contributed by atoms with Crippen molar-refractivity contribution < 1.29 is 41.4 Å². The summed E-state index contributed by atoms with van der Waals surface area (Å²) in [5, 5.41) is 2.43. The number of ketones is 1. The van der Waals surface area contributed by atoms with Gasteiger partial charge in [-0.1, -0.05) is 12.1 Å². The van der Waals surface area contributed by atoms with Crippen LogP contribution in [0.2, 0.25) is 0 Å². The van der Waals surface area contributed by atoms with Crippen LogP contribution >= 0.6 is 0 Å². The molecule has 0 saturated heterocycles. The van der Waals surface area contributed by atoms with E-state index in [1.165, 1.54) is 30.3 Å². The minimum Gasteiger partial charge on any atom is -0.444 e. The fourth-order valence-electron chi connectivity index (χ4n) is 4.68. The van der Waals surface area contributed by atoms with Crippen molar-refractivity contribution in [2.75, 3.05) is 0 Å². The van der Waals surface area contributed by atoms with Gasteiger partial charge in [0, 0.05) is 19.8 Å². The number of hydrogen-bond donors (Lipinski definition) is 3. The maximum atomic E-state index is 16.3. The molecule has 12 heteroatoms. The Labute approximate surface area is 229 Å². The molecule has 1 aliphatic rings. The Morgan fingerprint density at radius 2 is 1.75 bits per heavy atom. The maximum absolute atomic E-state index is 16.3. The van der Waals surface area contributed by atoms with E-state index in [0.29, 0.717) is 12.5 Å². The van der Waals surface area contributed by atoms with Crippen LogP contribution in [0.1, 0.15) is 80.4 Å². The maximum Gasteiger partial charge on any atom is 0.408 e. The second-order valence-corrected chi connectivity index (χ2v) is 11.1. The Hall–Kier alpha value is -3.67. The van der Waals surface area contributed by atoms with Crippen molar-refractivity contribution in [3.8, 4) is 5.75 Å². The zero-order valence-corrected chi connectivity index (χ0v) is 22.9. The van der Waals surface area contributed by atoms with Crippen LogP contribution in [-0.2, 0) is 21.6 Å². The number of amides is 2. The largest absolute Gasteiger partial charge is 0.444 e. The van der Waals surface area contributed by atoms with Gasteiger partial charge in [0.05, 0.1) is 11.6 Å². The monoisotopic (exact) mass is 567 g/mol. The molecule has 0 fully saturated rings. The van der Waals surface area contributed by atoms with Crippen LogP contribution in [0.15, 0.2) is 36.4 Å². The van der Waals surface area contributed by atoms with E-state index in [-0.39, 0.29) is 29.7 Å². The Bertz CT molecular complexity index is 1270. The summed E-state index contributed by atoms with van der Waals surface area (Å²) in [6.07, 6.45) is -4.94. The summed E-state index contributed by atoms with van der Waals surface area (Å²) in [6.45, 7) is 6.65. The van der Waals surface area contributed by atoms with Crippen molar-refractivity contribution in [2.24, 2.45) is 5.84 Å². The highest BCUT2D eigenvalue weighted by atomic mass is 19.3. The van der Waals surface area contributed by atoms with Crippen LogP contribution in [0.3, 0.4) is 0 Å². The van der Waals surface area contributed by atoms with E-state index in [9.17, 15) is 27.6 Å². The lowest BCUT2D eigenvalue weighted by Crippen LogP contribution is -2.47. The van der Waals surface area contributed by atoms with Crippen molar-refractivity contribution in [1.29, 1.82) is 0 Å². The van der Waals surface area contributed by atoms with E-state index in [0.717, 1.165) is 13.0 Å². The van der Waals surface area contributed by atoms with Gasteiger partial charge >= 0.3 is 12.2 Å². The third-order valence-corrected chi connectivity index (χ3v) is 6.33. The van der Waals surface area contributed by atoms with E-state index in [4.69, 9.17) is 10.6 Å². The molecule has 0 spiro atoms. The number of carbonyl (C=O) groups is 3. The number of nitrogens with one attached hydrogen (secondary N) is 2. The molecule has 2 aromatic rings. The molecule has 0 aliphatic heterocycles. The molecule has 0 heterocycles. The van der Waals surface area contributed by atoms with Gasteiger partial charge in [-0.3, -0.25) is 15.0 Å². The SMILES string of the molecule is CC(C)(C)OC(=O)N[C@@H]1CC(C)(F)c2cc(F)c(C(=O)NN)cc2C(Cc2ccc(OC(C)(F)F)cc2)CC1=O. The van der Waals surface area contributed by atoms with Gasteiger partial charge in [0.15, 0.2) is 5.78 Å². The van der Waals surface area contributed by atoms with Gasteiger partial charge in [0.2, 0.25) is 0 Å². The Morgan fingerprint density at radius 3 is 2.30 bits per heavy atom. The number of hydrogen-bond acceptors (Lipinski definition) is 6. The van der Waals surface area contributed by atoms with Gasteiger partial charge in [-0.25, -0.2) is 19.4 Å². The molecule has 0 saturated carbocycles. The first-order valence-corrected chi connectivity index (χ1v) is 12.6. The minimum atomic E-state index is -3.39. The van der Waals surface area contributed by atoms with Crippen molar-refractivity contribution >= 4 is 17.8 Å². The van der Waals surface area contributed by atoms with Gasteiger partial charge in [-0.2, -0.15) is 8.78 Å². The molecule has 218 valence electrons. The molecule has 3 rings (SSSR count). The molecule has 0 aromatic heterocycles. The number of ether oxygens (including phenoxy) is 2. The number of halogens is 4. The number of hydrazine groups is 1. The van der Waals surface area contributed by atoms with Crippen LogP contribution < -0.4 is 21.3 Å². The van der Waals surface area contributed by atoms with Crippen LogP contribution in [-0.4, -0.2) is 35.5 Å². The summed E-state index contributed by atoms with van der Waals surface area (Å²) < 4.78 is 67.5. The average Bonchev–Trinajstić information content (AvgIpc) is 2.81. The molecular formula is C28H33F4N3O5. The Morgan fingerprint density at radius 1 is 1.12 bits per heavy atom. The lowest BCUT2D eigenvalue weighted by atomic mass is 9.74. The molecular weight excluding hydrogens is 534 g/mol. The van der Waals surface area contributed by atoms with Crippen LogP contribution in [0.4, 0.5) is 22.4 Å². The highest BCUT2D eigenvalue weighted by molar-refractivity contribution is 5.94. The van der Waals surface area contributed by atoms with E-state index < -0.39 is 64.9 Å². The van der Waals surface area contributed by atoms with Crippen LogP contribution in [0.25, 0.3) is 0 Å². The number of alkyl halides is 3. The topological polar surface area (TPSA) is 120 Å². The molecule has 0 radical (unpaired) electrons. The predicted octanol–water partition coefficient (Wildman–Crippen LogP) is 5.19. The van der Waals surface area contributed by atoms with Crippen molar-refractivity contribution in [1.82, 2.24) is 10.7 Å². The van der Waals surface area contributed by atoms with Crippen molar-refractivity contribution in [3.63, 3.8) is 0 Å². The van der Waals surface area contributed by atoms with Crippen LogP contribution in [0.5, 0.6) is 5.75 Å². The number of carbonyl (C=O) groups excluding carboxylic acids is 3. The van der Waals surface area contributed by atoms with E-state index in [2.05, 4.69) is 10.1 Å².